The topological polar surface area (TPSA) is 73.2 Å². The quantitative estimate of drug-likeness (QED) is 0.792. The van der Waals surface area contributed by atoms with Gasteiger partial charge in [-0.1, -0.05) is 11.8 Å². The van der Waals surface area contributed by atoms with E-state index in [-0.39, 0.29) is 0 Å². The van der Waals surface area contributed by atoms with E-state index in [0.717, 1.165) is 21.9 Å². The fourth-order valence-corrected chi connectivity index (χ4v) is 2.19. The number of benzene rings is 1. The minimum atomic E-state index is 0.633. The lowest BCUT2D eigenvalue weighted by Gasteiger charge is -2.06. The molecule has 0 saturated heterocycles. The van der Waals surface area contributed by atoms with Gasteiger partial charge in [0, 0.05) is 24.4 Å². The Balaban J connectivity index is 2.39. The van der Waals surface area contributed by atoms with Crippen molar-refractivity contribution in [1.82, 2.24) is 9.97 Å². The minimum absolute atomic E-state index is 0.633. The van der Waals surface area contributed by atoms with Gasteiger partial charge in [0.1, 0.15) is 0 Å². The molecule has 0 fully saturated rings. The molecule has 0 aliphatic heterocycles. The number of imidazole rings is 1. The Morgan fingerprint density at radius 1 is 1.29 bits per heavy atom. The van der Waals surface area contributed by atoms with E-state index < -0.39 is 0 Å². The van der Waals surface area contributed by atoms with Crippen molar-refractivity contribution < 1.29 is 9.47 Å². The number of fused-ring (bicyclic) bond motifs is 1. The van der Waals surface area contributed by atoms with Gasteiger partial charge in [-0.25, -0.2) is 4.98 Å². The highest BCUT2D eigenvalue weighted by atomic mass is 32.2. The summed E-state index contributed by atoms with van der Waals surface area (Å²) in [6.07, 6.45) is 0. The normalized spacial score (nSPS) is 10.8. The summed E-state index contributed by atoms with van der Waals surface area (Å²) in [6.45, 7) is 0.633. The molecule has 0 radical (unpaired) electrons. The van der Waals surface area contributed by atoms with E-state index in [0.29, 0.717) is 18.0 Å². The van der Waals surface area contributed by atoms with Crippen LogP contribution in [0.2, 0.25) is 0 Å². The van der Waals surface area contributed by atoms with E-state index in [9.17, 15) is 0 Å². The Kier molecular flexibility index (Phi) is 3.75. The molecule has 0 atom stereocenters. The monoisotopic (exact) mass is 253 g/mol. The number of hydrogen-bond acceptors (Lipinski definition) is 5. The Labute approximate surface area is 104 Å². The number of aromatic nitrogens is 2. The molecule has 0 amide bonds. The average Bonchev–Trinajstić information content (AvgIpc) is 2.76. The number of nitrogens with zero attached hydrogens (tertiary/aromatic N) is 1. The van der Waals surface area contributed by atoms with Gasteiger partial charge in [0.15, 0.2) is 16.7 Å². The second-order valence-electron chi connectivity index (χ2n) is 3.40. The lowest BCUT2D eigenvalue weighted by atomic mass is 10.3. The summed E-state index contributed by atoms with van der Waals surface area (Å²) in [5.74, 6) is 2.22. The lowest BCUT2D eigenvalue weighted by Crippen LogP contribution is -2.01. The summed E-state index contributed by atoms with van der Waals surface area (Å²) in [4.78, 5) is 7.67. The SMILES string of the molecule is COc1cc2nc(SCCN)[nH]c2cc1OC. The Morgan fingerprint density at radius 2 is 2.00 bits per heavy atom. The highest BCUT2D eigenvalue weighted by Crippen LogP contribution is 2.32. The van der Waals surface area contributed by atoms with Gasteiger partial charge in [-0.2, -0.15) is 0 Å². The Bertz CT molecular complexity index is 472. The molecule has 1 heterocycles. The van der Waals surface area contributed by atoms with Crippen molar-refractivity contribution in [2.75, 3.05) is 26.5 Å². The number of aromatic amines is 1. The fourth-order valence-electron chi connectivity index (χ4n) is 1.54. The zero-order valence-electron chi connectivity index (χ0n) is 9.82. The number of rotatable bonds is 5. The Morgan fingerprint density at radius 3 is 2.65 bits per heavy atom. The van der Waals surface area contributed by atoms with Crippen LogP contribution in [0, 0.1) is 0 Å². The van der Waals surface area contributed by atoms with E-state index in [2.05, 4.69) is 9.97 Å². The van der Waals surface area contributed by atoms with Crippen LogP contribution >= 0.6 is 11.8 Å². The molecule has 0 saturated carbocycles. The molecule has 0 spiro atoms. The molecule has 6 heteroatoms. The minimum Gasteiger partial charge on any atom is -0.493 e. The summed E-state index contributed by atoms with van der Waals surface area (Å²) in [7, 11) is 3.23. The molecule has 0 bridgehead atoms. The van der Waals surface area contributed by atoms with Gasteiger partial charge in [0.05, 0.1) is 25.3 Å². The first-order valence-electron chi connectivity index (χ1n) is 5.23. The van der Waals surface area contributed by atoms with Gasteiger partial charge >= 0.3 is 0 Å². The maximum atomic E-state index is 5.46. The average molecular weight is 253 g/mol. The van der Waals surface area contributed by atoms with Gasteiger partial charge < -0.3 is 20.2 Å². The predicted molar refractivity (Wildman–Crippen MR) is 69.0 cm³/mol. The first kappa shape index (κ1) is 12.1. The molecule has 2 aromatic rings. The number of nitrogens with one attached hydrogen (secondary N) is 1. The molecular formula is C11H15N3O2S. The summed E-state index contributed by atoms with van der Waals surface area (Å²) in [5.41, 5.74) is 7.26. The second kappa shape index (κ2) is 5.29. The van der Waals surface area contributed by atoms with Crippen molar-refractivity contribution >= 4 is 22.8 Å². The lowest BCUT2D eigenvalue weighted by molar-refractivity contribution is 0.356. The largest absolute Gasteiger partial charge is 0.493 e. The van der Waals surface area contributed by atoms with Crippen molar-refractivity contribution in [2.45, 2.75) is 5.16 Å². The van der Waals surface area contributed by atoms with Crippen LogP contribution in [0.15, 0.2) is 17.3 Å². The van der Waals surface area contributed by atoms with Crippen molar-refractivity contribution in [3.8, 4) is 11.5 Å². The highest BCUT2D eigenvalue weighted by molar-refractivity contribution is 7.99. The smallest absolute Gasteiger partial charge is 0.166 e. The fraction of sp³-hybridized carbons (Fsp3) is 0.364. The van der Waals surface area contributed by atoms with Crippen LogP contribution in [0.25, 0.3) is 11.0 Å². The van der Waals surface area contributed by atoms with Crippen LogP contribution in [-0.2, 0) is 0 Å². The summed E-state index contributed by atoms with van der Waals surface area (Å²) in [5, 5.41) is 0.862. The molecule has 0 aliphatic carbocycles. The Hall–Kier alpha value is -1.40. The second-order valence-corrected chi connectivity index (χ2v) is 4.49. The van der Waals surface area contributed by atoms with Gasteiger partial charge in [0.25, 0.3) is 0 Å². The van der Waals surface area contributed by atoms with Gasteiger partial charge in [-0.3, -0.25) is 0 Å². The van der Waals surface area contributed by atoms with Crippen LogP contribution in [-0.4, -0.2) is 36.5 Å². The molecule has 17 heavy (non-hydrogen) atoms. The van der Waals surface area contributed by atoms with Crippen LogP contribution in [0.1, 0.15) is 0 Å². The molecule has 1 aromatic heterocycles. The van der Waals surface area contributed by atoms with Crippen molar-refractivity contribution in [1.29, 1.82) is 0 Å². The first-order valence-corrected chi connectivity index (χ1v) is 6.21. The number of hydrogen-bond donors (Lipinski definition) is 2. The maximum absolute atomic E-state index is 5.46. The number of nitrogens with two attached hydrogens (primary N) is 1. The summed E-state index contributed by atoms with van der Waals surface area (Å²) < 4.78 is 10.5. The van der Waals surface area contributed by atoms with Gasteiger partial charge in [-0.15, -0.1) is 0 Å². The summed E-state index contributed by atoms with van der Waals surface area (Å²) in [6, 6.07) is 3.74. The zero-order valence-corrected chi connectivity index (χ0v) is 10.6. The molecule has 1 aromatic carbocycles. The molecule has 2 rings (SSSR count). The number of methoxy groups -OCH3 is 2. The third-order valence-electron chi connectivity index (χ3n) is 2.32. The predicted octanol–water partition coefficient (Wildman–Crippen LogP) is 1.63. The standard InChI is InChI=1S/C11H15N3O2S/c1-15-9-5-7-8(6-10(9)16-2)14-11(13-7)17-4-3-12/h5-6H,3-4,12H2,1-2H3,(H,13,14). The third-order valence-corrected chi connectivity index (χ3v) is 3.23. The van der Waals surface area contributed by atoms with E-state index in [1.807, 2.05) is 12.1 Å². The van der Waals surface area contributed by atoms with Gasteiger partial charge in [-0.05, 0) is 0 Å². The molecule has 0 aliphatic rings. The van der Waals surface area contributed by atoms with Crippen LogP contribution in [0.4, 0.5) is 0 Å². The molecule has 5 nitrogen and oxygen atoms in total. The van der Waals surface area contributed by atoms with E-state index in [1.165, 1.54) is 0 Å². The van der Waals surface area contributed by atoms with E-state index in [1.54, 1.807) is 26.0 Å². The highest BCUT2D eigenvalue weighted by Gasteiger charge is 2.09. The molecule has 3 N–H and O–H groups in total. The third kappa shape index (κ3) is 2.48. The number of ether oxygens (including phenoxy) is 2. The number of thioether (sulfide) groups is 1. The van der Waals surface area contributed by atoms with Crippen molar-refractivity contribution in [3.05, 3.63) is 12.1 Å². The van der Waals surface area contributed by atoms with Crippen molar-refractivity contribution in [3.63, 3.8) is 0 Å². The first-order chi connectivity index (χ1) is 8.28. The van der Waals surface area contributed by atoms with Crippen LogP contribution in [0.3, 0.4) is 0 Å². The maximum Gasteiger partial charge on any atom is 0.166 e. The van der Waals surface area contributed by atoms with Crippen LogP contribution < -0.4 is 15.2 Å². The van der Waals surface area contributed by atoms with Crippen molar-refractivity contribution in [2.24, 2.45) is 5.73 Å². The summed E-state index contributed by atoms with van der Waals surface area (Å²) >= 11 is 1.60. The zero-order chi connectivity index (χ0) is 12.3. The molecule has 92 valence electrons. The van der Waals surface area contributed by atoms with Crippen LogP contribution in [0.5, 0.6) is 11.5 Å². The number of H-pyrrole nitrogens is 1. The molecule has 0 unspecified atom stereocenters. The molecular weight excluding hydrogens is 238 g/mol. The van der Waals surface area contributed by atoms with E-state index >= 15 is 0 Å². The van der Waals surface area contributed by atoms with Gasteiger partial charge in [0.2, 0.25) is 0 Å². The van der Waals surface area contributed by atoms with E-state index in [4.69, 9.17) is 15.2 Å².